The number of rotatable bonds is 4. The van der Waals surface area contributed by atoms with Gasteiger partial charge in [0.2, 0.25) is 5.91 Å². The molecule has 0 unspecified atom stereocenters. The van der Waals surface area contributed by atoms with Crippen LogP contribution < -0.4 is 11.1 Å². The fourth-order valence-corrected chi connectivity index (χ4v) is 3.14. The molecule has 0 saturated heterocycles. The third-order valence-electron chi connectivity index (χ3n) is 4.49. The number of benzene rings is 1. The first-order valence-electron chi connectivity index (χ1n) is 8.11. The Labute approximate surface area is 130 Å². The van der Waals surface area contributed by atoms with E-state index in [1.54, 1.807) is 0 Å². The summed E-state index contributed by atoms with van der Waals surface area (Å²) in [5.74, 6) is 0.989. The number of amides is 1. The number of carbonyl (C=O) groups excluding carboxylic acids is 1. The summed E-state index contributed by atoms with van der Waals surface area (Å²) in [6.07, 6.45) is 5.13. The van der Waals surface area contributed by atoms with Crippen molar-refractivity contribution in [1.82, 2.24) is 15.3 Å². The molecule has 118 valence electrons. The van der Waals surface area contributed by atoms with E-state index in [4.69, 9.17) is 5.73 Å². The van der Waals surface area contributed by atoms with Gasteiger partial charge in [-0.3, -0.25) is 4.79 Å². The number of aromatic nitrogens is 2. The Balaban J connectivity index is 1.52. The summed E-state index contributed by atoms with van der Waals surface area (Å²) in [6.45, 7) is 2.05. The number of imidazole rings is 1. The van der Waals surface area contributed by atoms with Gasteiger partial charge in [0.25, 0.3) is 0 Å². The van der Waals surface area contributed by atoms with Crippen LogP contribution in [0.1, 0.15) is 43.5 Å². The highest BCUT2D eigenvalue weighted by Crippen LogP contribution is 2.18. The SMILES string of the molecule is Cc1cccc2[nH]c(CCC(=O)NC3CCC(N)CC3)nc12. The molecule has 4 N–H and O–H groups in total. The molecule has 2 aromatic rings. The molecule has 1 aromatic carbocycles. The zero-order chi connectivity index (χ0) is 15.5. The molecular formula is C17H24N4O. The van der Waals surface area contributed by atoms with Gasteiger partial charge in [0, 0.05) is 24.9 Å². The zero-order valence-electron chi connectivity index (χ0n) is 13.1. The number of hydrogen-bond donors (Lipinski definition) is 3. The largest absolute Gasteiger partial charge is 0.353 e. The third kappa shape index (κ3) is 3.47. The van der Waals surface area contributed by atoms with Crippen LogP contribution in [0.3, 0.4) is 0 Å². The van der Waals surface area contributed by atoms with Crippen molar-refractivity contribution in [2.24, 2.45) is 5.73 Å². The van der Waals surface area contributed by atoms with Crippen LogP contribution in [0, 0.1) is 6.92 Å². The van der Waals surface area contributed by atoms with Crippen molar-refractivity contribution < 1.29 is 4.79 Å². The Morgan fingerprint density at radius 1 is 1.36 bits per heavy atom. The van der Waals surface area contributed by atoms with E-state index < -0.39 is 0 Å². The molecule has 22 heavy (non-hydrogen) atoms. The Kier molecular flexibility index (Phi) is 4.43. The van der Waals surface area contributed by atoms with E-state index in [1.165, 1.54) is 0 Å². The van der Waals surface area contributed by atoms with Crippen molar-refractivity contribution in [1.29, 1.82) is 0 Å². The number of carbonyl (C=O) groups is 1. The van der Waals surface area contributed by atoms with Crippen molar-refractivity contribution in [3.63, 3.8) is 0 Å². The molecule has 0 radical (unpaired) electrons. The zero-order valence-corrected chi connectivity index (χ0v) is 13.1. The van der Waals surface area contributed by atoms with Crippen LogP contribution in [0.15, 0.2) is 18.2 Å². The molecule has 0 atom stereocenters. The smallest absolute Gasteiger partial charge is 0.220 e. The van der Waals surface area contributed by atoms with Gasteiger partial charge in [0.1, 0.15) is 5.82 Å². The molecule has 0 aliphatic heterocycles. The van der Waals surface area contributed by atoms with Gasteiger partial charge in [-0.1, -0.05) is 12.1 Å². The molecule has 1 aromatic heterocycles. The van der Waals surface area contributed by atoms with Gasteiger partial charge in [-0.15, -0.1) is 0 Å². The molecule has 0 spiro atoms. The van der Waals surface area contributed by atoms with Gasteiger partial charge in [-0.2, -0.15) is 0 Å². The molecule has 0 bridgehead atoms. The van der Waals surface area contributed by atoms with E-state index >= 15 is 0 Å². The highest BCUT2D eigenvalue weighted by molar-refractivity contribution is 5.79. The molecule has 1 saturated carbocycles. The van der Waals surface area contributed by atoms with Crippen molar-refractivity contribution in [2.75, 3.05) is 0 Å². The lowest BCUT2D eigenvalue weighted by Crippen LogP contribution is -2.40. The lowest BCUT2D eigenvalue weighted by molar-refractivity contribution is -0.122. The van der Waals surface area contributed by atoms with Gasteiger partial charge < -0.3 is 16.0 Å². The summed E-state index contributed by atoms with van der Waals surface area (Å²) < 4.78 is 0. The van der Waals surface area contributed by atoms with Gasteiger partial charge in [-0.25, -0.2) is 4.98 Å². The topological polar surface area (TPSA) is 83.8 Å². The number of H-pyrrole nitrogens is 1. The van der Waals surface area contributed by atoms with Crippen LogP contribution in [0.4, 0.5) is 0 Å². The third-order valence-corrected chi connectivity index (χ3v) is 4.49. The van der Waals surface area contributed by atoms with E-state index in [9.17, 15) is 4.79 Å². The van der Waals surface area contributed by atoms with Crippen molar-refractivity contribution in [2.45, 2.75) is 57.5 Å². The van der Waals surface area contributed by atoms with E-state index in [1.807, 2.05) is 25.1 Å². The summed E-state index contributed by atoms with van der Waals surface area (Å²) in [5, 5.41) is 3.12. The van der Waals surface area contributed by atoms with Crippen LogP contribution >= 0.6 is 0 Å². The molecule has 5 heteroatoms. The van der Waals surface area contributed by atoms with Gasteiger partial charge in [-0.05, 0) is 44.2 Å². The molecule has 3 rings (SSSR count). The lowest BCUT2D eigenvalue weighted by atomic mass is 9.92. The standard InChI is InChI=1S/C17H24N4O/c1-11-3-2-4-14-17(11)21-15(20-14)9-10-16(22)19-13-7-5-12(18)6-8-13/h2-4,12-13H,5-10,18H2,1H3,(H,19,22)(H,20,21). The van der Waals surface area contributed by atoms with Crippen LogP contribution in [-0.2, 0) is 11.2 Å². The average Bonchev–Trinajstić information content (AvgIpc) is 2.92. The predicted octanol–water partition coefficient (Wildman–Crippen LogP) is 2.19. The summed E-state index contributed by atoms with van der Waals surface area (Å²) in [7, 11) is 0. The first-order chi connectivity index (χ1) is 10.6. The Bertz CT molecular complexity index is 656. The molecule has 1 heterocycles. The maximum atomic E-state index is 12.1. The second-order valence-electron chi connectivity index (χ2n) is 6.33. The van der Waals surface area contributed by atoms with Crippen LogP contribution in [-0.4, -0.2) is 28.0 Å². The fraction of sp³-hybridized carbons (Fsp3) is 0.529. The number of nitrogens with zero attached hydrogens (tertiary/aromatic N) is 1. The van der Waals surface area contributed by atoms with E-state index in [0.717, 1.165) is 48.1 Å². The van der Waals surface area contributed by atoms with Gasteiger partial charge in [0.05, 0.1) is 11.0 Å². The van der Waals surface area contributed by atoms with Crippen molar-refractivity contribution in [3.8, 4) is 0 Å². The minimum absolute atomic E-state index is 0.109. The molecule has 1 aliphatic rings. The maximum Gasteiger partial charge on any atom is 0.220 e. The maximum absolute atomic E-state index is 12.1. The van der Waals surface area contributed by atoms with Gasteiger partial charge in [0.15, 0.2) is 0 Å². The normalized spacial score (nSPS) is 21.9. The summed E-state index contributed by atoms with van der Waals surface area (Å²) in [4.78, 5) is 19.9. The van der Waals surface area contributed by atoms with Crippen LogP contribution in [0.5, 0.6) is 0 Å². The predicted molar refractivity (Wildman–Crippen MR) is 87.5 cm³/mol. The molecule has 1 aliphatic carbocycles. The van der Waals surface area contributed by atoms with Crippen molar-refractivity contribution in [3.05, 3.63) is 29.6 Å². The lowest BCUT2D eigenvalue weighted by Gasteiger charge is -2.26. The molecule has 1 amide bonds. The number of fused-ring (bicyclic) bond motifs is 1. The van der Waals surface area contributed by atoms with Crippen LogP contribution in [0.2, 0.25) is 0 Å². The second-order valence-corrected chi connectivity index (χ2v) is 6.33. The number of hydrogen-bond acceptors (Lipinski definition) is 3. The molecule has 1 fully saturated rings. The highest BCUT2D eigenvalue weighted by atomic mass is 16.1. The summed E-state index contributed by atoms with van der Waals surface area (Å²) in [6, 6.07) is 6.69. The minimum Gasteiger partial charge on any atom is -0.353 e. The van der Waals surface area contributed by atoms with E-state index in [2.05, 4.69) is 15.3 Å². The summed E-state index contributed by atoms with van der Waals surface area (Å²) >= 11 is 0. The Morgan fingerprint density at radius 3 is 2.86 bits per heavy atom. The first kappa shape index (κ1) is 15.0. The highest BCUT2D eigenvalue weighted by Gasteiger charge is 2.20. The van der Waals surface area contributed by atoms with Crippen LogP contribution in [0.25, 0.3) is 11.0 Å². The number of nitrogens with one attached hydrogen (secondary N) is 2. The fourth-order valence-electron chi connectivity index (χ4n) is 3.14. The summed E-state index contributed by atoms with van der Waals surface area (Å²) in [5.41, 5.74) is 9.08. The van der Waals surface area contributed by atoms with E-state index in [0.29, 0.717) is 24.9 Å². The van der Waals surface area contributed by atoms with Gasteiger partial charge >= 0.3 is 0 Å². The number of aryl methyl sites for hydroxylation is 2. The Morgan fingerprint density at radius 2 is 2.14 bits per heavy atom. The molecular weight excluding hydrogens is 276 g/mol. The monoisotopic (exact) mass is 300 g/mol. The second kappa shape index (κ2) is 6.48. The van der Waals surface area contributed by atoms with Crippen molar-refractivity contribution >= 4 is 16.9 Å². The number of nitrogens with two attached hydrogens (primary N) is 1. The number of aromatic amines is 1. The number of para-hydroxylation sites is 1. The minimum atomic E-state index is 0.109. The molecule has 5 nitrogen and oxygen atoms in total. The average molecular weight is 300 g/mol. The Hall–Kier alpha value is -1.88. The van der Waals surface area contributed by atoms with E-state index in [-0.39, 0.29) is 5.91 Å². The quantitative estimate of drug-likeness (QED) is 0.809. The first-order valence-corrected chi connectivity index (χ1v) is 8.11.